The molecule has 0 fully saturated rings. The number of anilines is 1. The average molecular weight is 790 g/mol. The molecule has 1 unspecified atom stereocenters. The third kappa shape index (κ3) is 8.44. The SMILES string of the molecule is CCN(CC)c1ccc(C=Cc2cc3sc(C=CC4=C(OS(=O)C(F)(F)F)C(=C(S(C)(=O)=O)S(=O)(=O)C(F)(F)F)OC4(C)C)cc3s2)cc1. The first-order chi connectivity index (χ1) is 22.5. The van der Waals surface area contributed by atoms with E-state index in [9.17, 15) is 47.4 Å². The second kappa shape index (κ2) is 13.9. The van der Waals surface area contributed by atoms with Crippen LogP contribution in [0.15, 0.2) is 63.8 Å². The minimum Gasteiger partial charge on any atom is -0.477 e. The first-order valence-electron chi connectivity index (χ1n) is 14.1. The van der Waals surface area contributed by atoms with Crippen molar-refractivity contribution in [1.29, 1.82) is 0 Å². The Kier molecular flexibility index (Phi) is 11.0. The molecule has 49 heavy (non-hydrogen) atoms. The minimum atomic E-state index is -6.72. The van der Waals surface area contributed by atoms with Crippen molar-refractivity contribution in [3.63, 3.8) is 0 Å². The molecule has 3 aromatic rings. The van der Waals surface area contributed by atoms with E-state index in [1.807, 2.05) is 42.5 Å². The third-order valence-corrected chi connectivity index (χ3v) is 13.6. The maximum absolute atomic E-state index is 13.5. The fourth-order valence-electron chi connectivity index (χ4n) is 4.73. The Bertz CT molecular complexity index is 2070. The molecule has 4 rings (SSSR count). The van der Waals surface area contributed by atoms with E-state index < -0.39 is 68.7 Å². The molecule has 268 valence electrons. The molecule has 1 aromatic carbocycles. The summed E-state index contributed by atoms with van der Waals surface area (Å²) in [5, 5.41) is 0. The quantitative estimate of drug-likeness (QED) is 0.179. The van der Waals surface area contributed by atoms with Gasteiger partial charge in [0.2, 0.25) is 4.24 Å². The van der Waals surface area contributed by atoms with Gasteiger partial charge in [0.15, 0.2) is 21.4 Å². The maximum atomic E-state index is 13.5. The van der Waals surface area contributed by atoms with Gasteiger partial charge in [-0.15, -0.1) is 22.7 Å². The van der Waals surface area contributed by atoms with E-state index in [4.69, 9.17) is 4.74 Å². The number of thiophene rings is 2. The topological polar surface area (TPSA) is 107 Å². The summed E-state index contributed by atoms with van der Waals surface area (Å²) in [7, 11) is -12.1. The van der Waals surface area contributed by atoms with Gasteiger partial charge >= 0.3 is 22.1 Å². The van der Waals surface area contributed by atoms with Crippen molar-refractivity contribution in [3.05, 3.63) is 79.1 Å². The molecule has 1 atom stereocenters. The van der Waals surface area contributed by atoms with E-state index in [-0.39, 0.29) is 6.26 Å². The zero-order valence-electron chi connectivity index (χ0n) is 26.3. The summed E-state index contributed by atoms with van der Waals surface area (Å²) in [4.78, 5) is 3.67. The van der Waals surface area contributed by atoms with Gasteiger partial charge in [-0.2, -0.15) is 26.3 Å². The van der Waals surface area contributed by atoms with Gasteiger partial charge in [-0.3, -0.25) is 0 Å². The largest absolute Gasteiger partial charge is 0.508 e. The molecular weight excluding hydrogens is 761 g/mol. The molecular formula is C30H29F6NO7S5. The van der Waals surface area contributed by atoms with Gasteiger partial charge in [0, 0.05) is 49.8 Å². The Morgan fingerprint density at radius 2 is 1.41 bits per heavy atom. The van der Waals surface area contributed by atoms with Crippen LogP contribution in [0.5, 0.6) is 0 Å². The number of halogens is 6. The summed E-state index contributed by atoms with van der Waals surface area (Å²) in [6.07, 6.45) is 6.43. The lowest BCUT2D eigenvalue weighted by molar-refractivity contribution is -0.0459. The monoisotopic (exact) mass is 789 g/mol. The van der Waals surface area contributed by atoms with E-state index in [2.05, 4.69) is 22.9 Å². The zero-order chi connectivity index (χ0) is 36.7. The molecule has 0 bridgehead atoms. The molecule has 19 heteroatoms. The van der Waals surface area contributed by atoms with Crippen LogP contribution in [0.25, 0.3) is 27.6 Å². The Morgan fingerprint density at radius 1 is 0.898 bits per heavy atom. The molecule has 0 N–H and O–H groups in total. The number of alkyl halides is 6. The molecule has 3 heterocycles. The van der Waals surface area contributed by atoms with Gasteiger partial charge < -0.3 is 13.8 Å². The van der Waals surface area contributed by atoms with Gasteiger partial charge in [0.05, 0.1) is 0 Å². The van der Waals surface area contributed by atoms with E-state index in [1.165, 1.54) is 28.7 Å². The molecule has 0 spiro atoms. The summed E-state index contributed by atoms with van der Waals surface area (Å²) < 4.78 is 151. The molecule has 2 aromatic heterocycles. The highest BCUT2D eigenvalue weighted by atomic mass is 32.3. The second-order valence-electron chi connectivity index (χ2n) is 10.9. The molecule has 0 amide bonds. The summed E-state index contributed by atoms with van der Waals surface area (Å²) in [5.74, 6) is -3.06. The van der Waals surface area contributed by atoms with Crippen LogP contribution < -0.4 is 4.90 Å². The van der Waals surface area contributed by atoms with Crippen molar-refractivity contribution in [2.24, 2.45) is 0 Å². The van der Waals surface area contributed by atoms with Crippen LogP contribution in [-0.2, 0) is 39.7 Å². The Morgan fingerprint density at radius 3 is 1.86 bits per heavy atom. The van der Waals surface area contributed by atoms with E-state index >= 15 is 0 Å². The molecule has 0 saturated carbocycles. The van der Waals surface area contributed by atoms with E-state index in [1.54, 1.807) is 6.07 Å². The maximum Gasteiger partial charge on any atom is 0.508 e. The molecule has 1 aliphatic heterocycles. The normalized spacial score (nSPS) is 17.7. The Labute approximate surface area is 289 Å². The summed E-state index contributed by atoms with van der Waals surface area (Å²) in [6.45, 7) is 8.19. The van der Waals surface area contributed by atoms with Crippen LogP contribution in [0.1, 0.15) is 43.0 Å². The Balaban J connectivity index is 1.74. The fraction of sp³-hybridized carbons (Fsp3) is 0.333. The number of rotatable bonds is 11. The van der Waals surface area contributed by atoms with Crippen LogP contribution in [0.4, 0.5) is 32.0 Å². The summed E-state index contributed by atoms with van der Waals surface area (Å²) in [6, 6.07) is 11.7. The molecule has 1 aliphatic rings. The number of hydrogen-bond donors (Lipinski definition) is 0. The lowest BCUT2D eigenvalue weighted by Crippen LogP contribution is -2.30. The minimum absolute atomic E-state index is 0.103. The number of fused-ring (bicyclic) bond motifs is 1. The molecule has 0 aliphatic carbocycles. The lowest BCUT2D eigenvalue weighted by Gasteiger charge is -2.21. The van der Waals surface area contributed by atoms with Crippen LogP contribution in [0.2, 0.25) is 0 Å². The van der Waals surface area contributed by atoms with Gasteiger partial charge in [-0.25, -0.2) is 21.0 Å². The van der Waals surface area contributed by atoms with Gasteiger partial charge in [0.25, 0.3) is 9.84 Å². The number of ether oxygens (including phenoxy) is 1. The third-order valence-electron chi connectivity index (χ3n) is 7.00. The van der Waals surface area contributed by atoms with Crippen molar-refractivity contribution >= 4 is 86.7 Å². The van der Waals surface area contributed by atoms with Crippen molar-refractivity contribution in [2.75, 3.05) is 24.2 Å². The second-order valence-corrected chi connectivity index (χ2v) is 18.3. The predicted molar refractivity (Wildman–Crippen MR) is 182 cm³/mol. The van der Waals surface area contributed by atoms with Crippen molar-refractivity contribution < 1.29 is 56.3 Å². The highest BCUT2D eigenvalue weighted by molar-refractivity contribution is 8.14. The summed E-state index contributed by atoms with van der Waals surface area (Å²) >= 11 is -1.55. The van der Waals surface area contributed by atoms with Crippen molar-refractivity contribution in [2.45, 2.75) is 44.3 Å². The smallest absolute Gasteiger partial charge is 0.477 e. The van der Waals surface area contributed by atoms with Crippen molar-refractivity contribution in [3.8, 4) is 0 Å². The van der Waals surface area contributed by atoms with Crippen molar-refractivity contribution in [1.82, 2.24) is 0 Å². The molecule has 0 saturated heterocycles. The van der Waals surface area contributed by atoms with Gasteiger partial charge in [0.1, 0.15) is 5.60 Å². The standard InChI is InChI=1S/C30H29F6NO7S5/c1-6-37(7-2)19-11-8-18(9-12-19)10-13-20-16-23-24(45-20)17-21(46-23)14-15-22-25(44-47(38)29(31,32)33)26(43-28(22,3)4)27(48(5,39)40)49(41,42)30(34,35)36/h8-17H,6-7H2,1-5H3. The number of sulfone groups is 2. The van der Waals surface area contributed by atoms with Crippen LogP contribution in [0, 0.1) is 0 Å². The number of nitrogens with zero attached hydrogens (tertiary/aromatic N) is 1. The predicted octanol–water partition coefficient (Wildman–Crippen LogP) is 8.40. The highest BCUT2D eigenvalue weighted by Crippen LogP contribution is 2.47. The van der Waals surface area contributed by atoms with E-state index in [0.29, 0.717) is 4.88 Å². The van der Waals surface area contributed by atoms with Gasteiger partial charge in [-0.05, 0) is 75.8 Å². The van der Waals surface area contributed by atoms with Crippen LogP contribution >= 0.6 is 22.7 Å². The number of benzene rings is 1. The first-order valence-corrected chi connectivity index (χ1v) is 20.2. The summed E-state index contributed by atoms with van der Waals surface area (Å²) in [5.41, 5.74) is -12.1. The average Bonchev–Trinajstić information content (AvgIpc) is 3.59. The van der Waals surface area contributed by atoms with Crippen LogP contribution in [0.3, 0.4) is 0 Å². The Hall–Kier alpha value is -3.13. The lowest BCUT2D eigenvalue weighted by atomic mass is 9.98. The zero-order valence-corrected chi connectivity index (χ0v) is 30.4. The highest BCUT2D eigenvalue weighted by Gasteiger charge is 2.56. The van der Waals surface area contributed by atoms with Crippen LogP contribution in [-0.4, -0.2) is 57.0 Å². The number of hydrogen-bond acceptors (Lipinski definition) is 10. The molecule has 0 radical (unpaired) electrons. The van der Waals surface area contributed by atoms with E-state index in [0.717, 1.165) is 58.5 Å². The van der Waals surface area contributed by atoms with Gasteiger partial charge in [-0.1, -0.05) is 18.2 Å². The fourth-order valence-corrected chi connectivity index (χ4v) is 10.3. The first kappa shape index (κ1) is 38.7. The molecule has 8 nitrogen and oxygen atoms in total.